The fraction of sp³-hybridized carbons (Fsp3) is 0.208. The van der Waals surface area contributed by atoms with E-state index in [1.54, 1.807) is 18.7 Å². The molecule has 4 rings (SSSR count). The maximum Gasteiger partial charge on any atom is 0.273 e. The molecule has 1 N–H and O–H groups in total. The van der Waals surface area contributed by atoms with Crippen LogP contribution in [0.1, 0.15) is 46.2 Å². The molecule has 1 amide bonds. The van der Waals surface area contributed by atoms with Crippen LogP contribution in [-0.4, -0.2) is 20.8 Å². The van der Waals surface area contributed by atoms with Gasteiger partial charge in [0.25, 0.3) is 5.91 Å². The van der Waals surface area contributed by atoms with Gasteiger partial charge in [0, 0.05) is 25.0 Å². The number of nitrogens with one attached hydrogen (secondary N) is 1. The molecule has 0 aliphatic carbocycles. The van der Waals surface area contributed by atoms with Crippen LogP contribution in [0.4, 0.5) is 0 Å². The van der Waals surface area contributed by atoms with Crippen molar-refractivity contribution in [3.63, 3.8) is 0 Å². The van der Waals surface area contributed by atoms with Crippen molar-refractivity contribution in [2.24, 2.45) is 0 Å². The number of benzene rings is 1. The van der Waals surface area contributed by atoms with E-state index >= 15 is 0 Å². The first kappa shape index (κ1) is 20.6. The molecular weight excluding hydrogens is 392 g/mol. The van der Waals surface area contributed by atoms with Gasteiger partial charge in [0.15, 0.2) is 5.69 Å². The molecule has 0 aliphatic rings. The molecule has 7 heteroatoms. The lowest BCUT2D eigenvalue weighted by molar-refractivity contribution is 0.0945. The molecule has 0 spiro atoms. The first-order chi connectivity index (χ1) is 15.2. The zero-order valence-corrected chi connectivity index (χ0v) is 17.3. The molecular formula is C24H24N4O3. The molecule has 1 aromatic carbocycles. The van der Waals surface area contributed by atoms with E-state index in [9.17, 15) is 4.79 Å². The maximum absolute atomic E-state index is 12.5. The highest BCUT2D eigenvalue weighted by atomic mass is 16.3. The van der Waals surface area contributed by atoms with Crippen LogP contribution < -0.4 is 5.32 Å². The van der Waals surface area contributed by atoms with E-state index in [2.05, 4.69) is 39.2 Å². The quantitative estimate of drug-likeness (QED) is 0.437. The Balaban J connectivity index is 1.44. The third-order valence-electron chi connectivity index (χ3n) is 5.09. The van der Waals surface area contributed by atoms with Gasteiger partial charge in [-0.1, -0.05) is 30.3 Å². The summed E-state index contributed by atoms with van der Waals surface area (Å²) in [6.07, 6.45) is 6.45. The fourth-order valence-corrected chi connectivity index (χ4v) is 3.31. The Kier molecular flexibility index (Phi) is 6.54. The van der Waals surface area contributed by atoms with Crippen molar-refractivity contribution in [2.75, 3.05) is 0 Å². The van der Waals surface area contributed by atoms with Gasteiger partial charge in [-0.05, 0) is 42.3 Å². The summed E-state index contributed by atoms with van der Waals surface area (Å²) < 4.78 is 11.2. The summed E-state index contributed by atoms with van der Waals surface area (Å²) in [5.74, 6) is 1.05. The number of carbonyl (C=O) groups excluding carboxylic acids is 1. The number of oxazole rings is 1. The Morgan fingerprint density at radius 1 is 1.03 bits per heavy atom. The van der Waals surface area contributed by atoms with Crippen LogP contribution in [0.5, 0.6) is 0 Å². The van der Waals surface area contributed by atoms with Gasteiger partial charge in [0.05, 0.1) is 19.4 Å². The lowest BCUT2D eigenvalue weighted by atomic mass is 10.1. The molecule has 0 saturated carbocycles. The molecule has 0 bridgehead atoms. The van der Waals surface area contributed by atoms with Gasteiger partial charge in [-0.3, -0.25) is 14.7 Å². The minimum Gasteiger partial charge on any atom is -0.468 e. The molecule has 7 nitrogen and oxygen atoms in total. The summed E-state index contributed by atoms with van der Waals surface area (Å²) >= 11 is 0. The Labute approximate surface area is 180 Å². The Hall–Kier alpha value is -3.71. The second-order valence-corrected chi connectivity index (χ2v) is 7.24. The van der Waals surface area contributed by atoms with E-state index < -0.39 is 0 Å². The molecule has 31 heavy (non-hydrogen) atoms. The van der Waals surface area contributed by atoms with Crippen molar-refractivity contribution < 1.29 is 13.6 Å². The van der Waals surface area contributed by atoms with E-state index in [-0.39, 0.29) is 17.6 Å². The summed E-state index contributed by atoms with van der Waals surface area (Å²) in [4.78, 5) is 23.0. The number of pyridine rings is 1. The van der Waals surface area contributed by atoms with Crippen molar-refractivity contribution >= 4 is 5.91 Å². The second-order valence-electron chi connectivity index (χ2n) is 7.24. The molecule has 3 aromatic heterocycles. The summed E-state index contributed by atoms with van der Waals surface area (Å²) in [6, 6.07) is 17.8. The molecule has 0 radical (unpaired) electrons. The standard InChI is InChI=1S/C24H24N4O3/c1-18(20-6-3-2-4-7-20)28(15-21-8-5-13-30-21)16-23-27-22(17-31-23)24(29)26-14-19-9-11-25-12-10-19/h2-13,17-18H,14-16H2,1H3,(H,26,29). The summed E-state index contributed by atoms with van der Waals surface area (Å²) in [7, 11) is 0. The lowest BCUT2D eigenvalue weighted by Gasteiger charge is -2.27. The van der Waals surface area contributed by atoms with Gasteiger partial charge in [-0.15, -0.1) is 0 Å². The summed E-state index contributed by atoms with van der Waals surface area (Å²) in [6.45, 7) is 3.56. The number of hydrogen-bond donors (Lipinski definition) is 1. The number of aromatic nitrogens is 2. The van der Waals surface area contributed by atoms with Crippen molar-refractivity contribution in [1.82, 2.24) is 20.2 Å². The highest BCUT2D eigenvalue weighted by Gasteiger charge is 2.21. The van der Waals surface area contributed by atoms with Gasteiger partial charge in [0.1, 0.15) is 12.0 Å². The van der Waals surface area contributed by atoms with Gasteiger partial charge in [0.2, 0.25) is 5.89 Å². The van der Waals surface area contributed by atoms with Crippen molar-refractivity contribution in [1.29, 1.82) is 0 Å². The van der Waals surface area contributed by atoms with Gasteiger partial charge >= 0.3 is 0 Å². The van der Waals surface area contributed by atoms with Crippen LogP contribution in [0.2, 0.25) is 0 Å². The smallest absolute Gasteiger partial charge is 0.273 e. The second kappa shape index (κ2) is 9.86. The van der Waals surface area contributed by atoms with Crippen LogP contribution >= 0.6 is 0 Å². The Bertz CT molecular complexity index is 1080. The van der Waals surface area contributed by atoms with Gasteiger partial charge < -0.3 is 14.2 Å². The summed E-state index contributed by atoms with van der Waals surface area (Å²) in [5.41, 5.74) is 2.40. The van der Waals surface area contributed by atoms with Crippen LogP contribution in [0.15, 0.2) is 88.4 Å². The predicted molar refractivity (Wildman–Crippen MR) is 115 cm³/mol. The molecule has 0 saturated heterocycles. The number of nitrogens with zero attached hydrogens (tertiary/aromatic N) is 3. The SMILES string of the molecule is CC(c1ccccc1)N(Cc1ccco1)Cc1nc(C(=O)NCc2ccncc2)co1. The van der Waals surface area contributed by atoms with Gasteiger partial charge in [-0.2, -0.15) is 0 Å². The van der Waals surface area contributed by atoms with E-state index in [0.717, 1.165) is 11.3 Å². The van der Waals surface area contributed by atoms with Gasteiger partial charge in [-0.25, -0.2) is 4.98 Å². The van der Waals surface area contributed by atoms with E-state index in [1.165, 1.54) is 11.8 Å². The number of furan rings is 1. The summed E-state index contributed by atoms with van der Waals surface area (Å²) in [5, 5.41) is 2.85. The molecule has 1 unspecified atom stereocenters. The molecule has 0 fully saturated rings. The van der Waals surface area contributed by atoms with E-state index in [4.69, 9.17) is 8.83 Å². The van der Waals surface area contributed by atoms with Crippen LogP contribution in [-0.2, 0) is 19.6 Å². The molecule has 1 atom stereocenters. The number of carbonyl (C=O) groups is 1. The topological polar surface area (TPSA) is 84.4 Å². The van der Waals surface area contributed by atoms with E-state index in [1.807, 2.05) is 42.5 Å². The van der Waals surface area contributed by atoms with E-state index in [0.29, 0.717) is 25.5 Å². The number of hydrogen-bond acceptors (Lipinski definition) is 6. The fourth-order valence-electron chi connectivity index (χ4n) is 3.31. The van der Waals surface area contributed by atoms with Crippen molar-refractivity contribution in [2.45, 2.75) is 32.6 Å². The monoisotopic (exact) mass is 416 g/mol. The van der Waals surface area contributed by atoms with Crippen molar-refractivity contribution in [3.05, 3.63) is 108 Å². The highest BCUT2D eigenvalue weighted by Crippen LogP contribution is 2.24. The third kappa shape index (κ3) is 5.46. The minimum atomic E-state index is -0.277. The third-order valence-corrected chi connectivity index (χ3v) is 5.09. The lowest BCUT2D eigenvalue weighted by Crippen LogP contribution is -2.26. The normalized spacial score (nSPS) is 12.1. The first-order valence-electron chi connectivity index (χ1n) is 10.1. The molecule has 4 aromatic rings. The number of amides is 1. The first-order valence-corrected chi connectivity index (χ1v) is 10.1. The van der Waals surface area contributed by atoms with Crippen LogP contribution in [0.25, 0.3) is 0 Å². The van der Waals surface area contributed by atoms with Crippen LogP contribution in [0.3, 0.4) is 0 Å². The minimum absolute atomic E-state index is 0.0992. The van der Waals surface area contributed by atoms with Crippen molar-refractivity contribution in [3.8, 4) is 0 Å². The Morgan fingerprint density at radius 2 is 1.84 bits per heavy atom. The number of rotatable bonds is 9. The zero-order valence-electron chi connectivity index (χ0n) is 17.3. The average Bonchev–Trinajstić information content (AvgIpc) is 3.50. The molecule has 158 valence electrons. The molecule has 3 heterocycles. The highest BCUT2D eigenvalue weighted by molar-refractivity contribution is 5.91. The molecule has 0 aliphatic heterocycles. The maximum atomic E-state index is 12.5. The zero-order chi connectivity index (χ0) is 21.5. The average molecular weight is 416 g/mol. The Morgan fingerprint density at radius 3 is 2.58 bits per heavy atom. The predicted octanol–water partition coefficient (Wildman–Crippen LogP) is 4.36. The largest absolute Gasteiger partial charge is 0.468 e. The van der Waals surface area contributed by atoms with Crippen LogP contribution in [0, 0.1) is 0 Å².